The normalized spacial score (nSPS) is 22.4. The van der Waals surface area contributed by atoms with E-state index in [0.29, 0.717) is 34.4 Å². The Balaban J connectivity index is 1.31. The molecule has 8 nitrogen and oxygen atoms in total. The Hall–Kier alpha value is -3.62. The summed E-state index contributed by atoms with van der Waals surface area (Å²) in [4.78, 5) is 34.0. The van der Waals surface area contributed by atoms with Crippen molar-refractivity contribution >= 4 is 17.7 Å². The number of nitrogens with one attached hydrogen (secondary N) is 1. The van der Waals surface area contributed by atoms with E-state index in [9.17, 15) is 14.7 Å². The van der Waals surface area contributed by atoms with E-state index in [0.717, 1.165) is 24.1 Å². The fourth-order valence-electron chi connectivity index (χ4n) is 5.16. The van der Waals surface area contributed by atoms with Crippen LogP contribution in [-0.4, -0.2) is 59.1 Å². The summed E-state index contributed by atoms with van der Waals surface area (Å²) in [5, 5.41) is 16.9. The van der Waals surface area contributed by atoms with E-state index < -0.39 is 17.7 Å². The third-order valence-electron chi connectivity index (χ3n) is 6.69. The predicted molar refractivity (Wildman–Crippen MR) is 123 cm³/mol. The van der Waals surface area contributed by atoms with Crippen LogP contribution in [0.5, 0.6) is 0 Å². The van der Waals surface area contributed by atoms with Gasteiger partial charge in [-0.15, -0.1) is 0 Å². The van der Waals surface area contributed by atoms with Crippen molar-refractivity contribution in [2.75, 3.05) is 32.0 Å². The number of nitrogens with zero attached hydrogens (tertiary/aromatic N) is 3. The van der Waals surface area contributed by atoms with Gasteiger partial charge in [0.05, 0.1) is 19.8 Å². The van der Waals surface area contributed by atoms with E-state index in [4.69, 9.17) is 4.74 Å². The highest BCUT2D eigenvalue weighted by Gasteiger charge is 2.43. The Labute approximate surface area is 197 Å². The molecule has 1 unspecified atom stereocenters. The minimum Gasteiger partial charge on any atom is -0.834 e. The largest absolute Gasteiger partial charge is 0.834 e. The molecule has 3 aromatic rings. The number of benzene rings is 2. The van der Waals surface area contributed by atoms with Crippen LogP contribution in [0.4, 0.5) is 5.82 Å². The van der Waals surface area contributed by atoms with Gasteiger partial charge < -0.3 is 19.6 Å². The molecule has 1 aliphatic heterocycles. The minimum atomic E-state index is -2.10. The molecular weight excluding hydrogens is 432 g/mol. The molecule has 2 aromatic carbocycles. The average molecular weight is 459 g/mol. The molecule has 2 atom stereocenters. The van der Waals surface area contributed by atoms with Crippen molar-refractivity contribution in [1.29, 1.82) is 0 Å². The standard InChI is InChI=1S/C26H26N4O4/c1-30(17-24(31)29-23-15-27-12-13-28-23)14-6-7-18(16-30)34-25(32)26(33)21-10-4-2-8-19(21)20-9-3-5-11-22(20)26/h2-5,8-13,15,18H,6-7,14,16-17H2,1H3,(H,28,29,31)/t18?,30-/m1/s1. The monoisotopic (exact) mass is 458 g/mol. The minimum absolute atomic E-state index is 0.186. The zero-order valence-electron chi connectivity index (χ0n) is 18.9. The second kappa shape index (κ2) is 8.62. The van der Waals surface area contributed by atoms with Crippen LogP contribution >= 0.6 is 0 Å². The van der Waals surface area contributed by atoms with Crippen molar-refractivity contribution in [3.8, 4) is 11.1 Å². The first-order chi connectivity index (χ1) is 16.4. The number of rotatable bonds is 5. The van der Waals surface area contributed by atoms with Gasteiger partial charge >= 0.3 is 5.97 Å². The van der Waals surface area contributed by atoms with E-state index >= 15 is 0 Å². The SMILES string of the molecule is C[N@@+]1(CC(=O)Nc2cnccn2)CCCC(OC(=O)C2([O-])c3ccccc3-c3ccccc32)C1. The van der Waals surface area contributed by atoms with Gasteiger partial charge in [-0.2, -0.15) is 0 Å². The third kappa shape index (κ3) is 3.95. The number of amides is 1. The zero-order valence-corrected chi connectivity index (χ0v) is 18.9. The fourth-order valence-corrected chi connectivity index (χ4v) is 5.16. The number of ether oxygens (including phenoxy) is 1. The van der Waals surface area contributed by atoms with Gasteiger partial charge in [-0.1, -0.05) is 48.5 Å². The third-order valence-corrected chi connectivity index (χ3v) is 6.69. The van der Waals surface area contributed by atoms with Crippen LogP contribution in [0.15, 0.2) is 67.1 Å². The van der Waals surface area contributed by atoms with Gasteiger partial charge in [-0.3, -0.25) is 14.6 Å². The highest BCUT2D eigenvalue weighted by atomic mass is 16.6. The van der Waals surface area contributed by atoms with Crippen LogP contribution in [0.2, 0.25) is 0 Å². The number of carbonyl (C=O) groups is 2. The number of hydrogen-bond donors (Lipinski definition) is 1. The van der Waals surface area contributed by atoms with Gasteiger partial charge in [0.15, 0.2) is 18.5 Å². The van der Waals surface area contributed by atoms with Crippen molar-refractivity contribution in [3.05, 3.63) is 78.2 Å². The van der Waals surface area contributed by atoms with Crippen molar-refractivity contribution in [2.24, 2.45) is 0 Å². The molecule has 1 aromatic heterocycles. The molecular formula is C26H26N4O4. The molecule has 1 fully saturated rings. The first-order valence-corrected chi connectivity index (χ1v) is 11.4. The summed E-state index contributed by atoms with van der Waals surface area (Å²) in [7, 11) is 1.96. The number of esters is 1. The van der Waals surface area contributed by atoms with Crippen LogP contribution in [0.3, 0.4) is 0 Å². The Bertz CT molecular complexity index is 1190. The van der Waals surface area contributed by atoms with Crippen LogP contribution in [0, 0.1) is 0 Å². The van der Waals surface area contributed by atoms with Gasteiger partial charge in [-0.05, 0) is 28.7 Å². The molecule has 0 bridgehead atoms. The maximum absolute atomic E-state index is 14.1. The van der Waals surface area contributed by atoms with Gasteiger partial charge in [0.1, 0.15) is 6.54 Å². The summed E-state index contributed by atoms with van der Waals surface area (Å²) in [5.41, 5.74) is 0.303. The molecule has 1 amide bonds. The molecule has 2 aliphatic rings. The maximum atomic E-state index is 14.1. The molecule has 0 radical (unpaired) electrons. The number of aromatic nitrogens is 2. The van der Waals surface area contributed by atoms with Gasteiger partial charge in [0, 0.05) is 24.4 Å². The molecule has 0 spiro atoms. The summed E-state index contributed by atoms with van der Waals surface area (Å²) in [5.74, 6) is -0.577. The van der Waals surface area contributed by atoms with E-state index in [-0.39, 0.29) is 12.5 Å². The lowest BCUT2D eigenvalue weighted by Crippen LogP contribution is -2.58. The molecule has 2 heterocycles. The summed E-state index contributed by atoms with van der Waals surface area (Å²) in [6.07, 6.45) is 5.54. The summed E-state index contributed by atoms with van der Waals surface area (Å²) in [6.45, 7) is 1.44. The van der Waals surface area contributed by atoms with Crippen LogP contribution < -0.4 is 10.4 Å². The molecule has 8 heteroatoms. The number of likely N-dealkylation sites (N-methyl/N-ethyl adjacent to an activating group) is 1. The number of likely N-dealkylation sites (tertiary alicyclic amines) is 1. The van der Waals surface area contributed by atoms with Gasteiger partial charge in [-0.25, -0.2) is 4.98 Å². The summed E-state index contributed by atoms with van der Waals surface area (Å²) < 4.78 is 6.27. The molecule has 1 saturated heterocycles. The van der Waals surface area contributed by atoms with E-state index in [2.05, 4.69) is 15.3 Å². The van der Waals surface area contributed by atoms with Crippen LogP contribution in [-0.2, 0) is 19.9 Å². The van der Waals surface area contributed by atoms with Crippen molar-refractivity contribution in [2.45, 2.75) is 24.5 Å². The van der Waals surface area contributed by atoms with Crippen LogP contribution in [0.25, 0.3) is 11.1 Å². The summed E-state index contributed by atoms with van der Waals surface area (Å²) >= 11 is 0. The fraction of sp³-hybridized carbons (Fsp3) is 0.308. The van der Waals surface area contributed by atoms with E-state index in [1.165, 1.54) is 18.6 Å². The van der Waals surface area contributed by atoms with Gasteiger partial charge in [0.2, 0.25) is 0 Å². The number of piperidine rings is 1. The lowest BCUT2D eigenvalue weighted by atomic mass is 9.91. The Morgan fingerprint density at radius 3 is 2.44 bits per heavy atom. The maximum Gasteiger partial charge on any atom is 0.304 e. The van der Waals surface area contributed by atoms with E-state index in [1.807, 2.05) is 31.3 Å². The Morgan fingerprint density at radius 2 is 1.79 bits per heavy atom. The molecule has 5 rings (SSSR count). The number of fused-ring (bicyclic) bond motifs is 3. The lowest BCUT2D eigenvalue weighted by Gasteiger charge is -2.42. The Kier molecular flexibility index (Phi) is 5.63. The Morgan fingerprint density at radius 1 is 1.12 bits per heavy atom. The lowest BCUT2D eigenvalue weighted by molar-refractivity contribution is -0.909. The number of carbonyl (C=O) groups excluding carboxylic acids is 2. The quantitative estimate of drug-likeness (QED) is 0.462. The predicted octanol–water partition coefficient (Wildman–Crippen LogP) is 1.85. The number of hydrogen-bond acceptors (Lipinski definition) is 6. The summed E-state index contributed by atoms with van der Waals surface area (Å²) in [6, 6.07) is 14.4. The second-order valence-corrected chi connectivity index (χ2v) is 9.26. The topological polar surface area (TPSA) is 104 Å². The van der Waals surface area contributed by atoms with E-state index in [1.54, 1.807) is 24.3 Å². The number of anilines is 1. The highest BCUT2D eigenvalue weighted by Crippen LogP contribution is 2.46. The second-order valence-electron chi connectivity index (χ2n) is 9.26. The van der Waals surface area contributed by atoms with Crippen molar-refractivity contribution < 1.29 is 23.9 Å². The highest BCUT2D eigenvalue weighted by molar-refractivity contribution is 5.95. The van der Waals surface area contributed by atoms with Crippen molar-refractivity contribution in [3.63, 3.8) is 0 Å². The molecule has 0 saturated carbocycles. The first-order valence-electron chi connectivity index (χ1n) is 11.4. The zero-order chi connectivity index (χ0) is 23.8. The molecule has 1 aliphatic carbocycles. The van der Waals surface area contributed by atoms with Crippen molar-refractivity contribution in [1.82, 2.24) is 9.97 Å². The smallest absolute Gasteiger partial charge is 0.304 e. The first kappa shape index (κ1) is 22.2. The number of quaternary nitrogens is 1. The molecule has 34 heavy (non-hydrogen) atoms. The molecule has 174 valence electrons. The molecule has 1 N–H and O–H groups in total. The average Bonchev–Trinajstić information content (AvgIpc) is 3.09. The van der Waals surface area contributed by atoms with Gasteiger partial charge in [0.25, 0.3) is 5.91 Å². The van der Waals surface area contributed by atoms with Crippen LogP contribution in [0.1, 0.15) is 24.0 Å².